The molecule has 2 atom stereocenters. The summed E-state index contributed by atoms with van der Waals surface area (Å²) in [4.78, 5) is 11.7. The lowest BCUT2D eigenvalue weighted by atomic mass is 10.1. The van der Waals surface area contributed by atoms with Crippen LogP contribution in [0.3, 0.4) is 0 Å². The molecule has 0 spiro atoms. The van der Waals surface area contributed by atoms with E-state index in [0.29, 0.717) is 11.5 Å². The first-order valence-corrected chi connectivity index (χ1v) is 5.38. The van der Waals surface area contributed by atoms with E-state index in [2.05, 4.69) is 17.4 Å². The van der Waals surface area contributed by atoms with Crippen LogP contribution < -0.4 is 10.9 Å². The highest BCUT2D eigenvalue weighted by molar-refractivity contribution is 5.93. The van der Waals surface area contributed by atoms with E-state index < -0.39 is 0 Å². The molecule has 0 aromatic heterocycles. The maximum Gasteiger partial charge on any atom is 0.265 e. The highest BCUT2D eigenvalue weighted by Gasteiger charge is 2.09. The number of hydrogen-bond donors (Lipinski definition) is 2. The average Bonchev–Trinajstić information content (AvgIpc) is 2.35. The van der Waals surface area contributed by atoms with Crippen LogP contribution >= 0.6 is 0 Å². The van der Waals surface area contributed by atoms with E-state index in [0.717, 1.165) is 0 Å². The van der Waals surface area contributed by atoms with Gasteiger partial charge in [-0.05, 0) is 25.0 Å². The Morgan fingerprint density at radius 2 is 1.94 bits per heavy atom. The van der Waals surface area contributed by atoms with Gasteiger partial charge in [-0.3, -0.25) is 10.2 Å². The molecule has 0 aliphatic rings. The Balaban J connectivity index is 2.45. The maximum atomic E-state index is 11.7. The number of amides is 1. The predicted molar refractivity (Wildman–Crippen MR) is 65.9 cm³/mol. The molecule has 1 aromatic carbocycles. The quantitative estimate of drug-likeness (QED) is 0.587. The molecule has 0 fully saturated rings. The van der Waals surface area contributed by atoms with E-state index >= 15 is 0 Å². The normalized spacial score (nSPS) is 13.9. The topological polar surface area (TPSA) is 41.1 Å². The number of carbonyl (C=O) groups excluding carboxylic acids is 1. The monoisotopic (exact) mass is 218 g/mol. The molecule has 2 N–H and O–H groups in total. The highest BCUT2D eigenvalue weighted by atomic mass is 16.2. The molecule has 3 nitrogen and oxygen atoms in total. The lowest BCUT2D eigenvalue weighted by Gasteiger charge is -2.18. The van der Waals surface area contributed by atoms with E-state index in [1.807, 2.05) is 38.1 Å². The third kappa shape index (κ3) is 3.51. The summed E-state index contributed by atoms with van der Waals surface area (Å²) in [7, 11) is 0. The minimum absolute atomic E-state index is 0.122. The maximum absolute atomic E-state index is 11.7. The Morgan fingerprint density at radius 3 is 2.50 bits per heavy atom. The largest absolute Gasteiger partial charge is 0.287 e. The zero-order valence-corrected chi connectivity index (χ0v) is 9.73. The lowest BCUT2D eigenvalue weighted by molar-refractivity contribution is 0.0923. The first-order valence-electron chi connectivity index (χ1n) is 5.38. The zero-order chi connectivity index (χ0) is 12.0. The summed E-state index contributed by atoms with van der Waals surface area (Å²) in [5, 5.41) is 0. The van der Waals surface area contributed by atoms with Crippen molar-refractivity contribution in [2.45, 2.75) is 19.9 Å². The number of rotatable bonds is 5. The summed E-state index contributed by atoms with van der Waals surface area (Å²) in [6.45, 7) is 7.75. The Morgan fingerprint density at radius 1 is 1.31 bits per heavy atom. The molecule has 86 valence electrons. The molecular weight excluding hydrogens is 200 g/mol. The number of benzene rings is 1. The summed E-state index contributed by atoms with van der Waals surface area (Å²) in [6, 6.07) is 9.27. The van der Waals surface area contributed by atoms with Crippen LogP contribution in [0.2, 0.25) is 0 Å². The third-order valence-electron chi connectivity index (χ3n) is 2.61. The molecule has 3 heteroatoms. The number of hydrogen-bond acceptors (Lipinski definition) is 2. The van der Waals surface area contributed by atoms with Crippen LogP contribution in [-0.4, -0.2) is 11.9 Å². The Hall–Kier alpha value is -1.61. The molecule has 0 saturated carbocycles. The molecule has 0 heterocycles. The van der Waals surface area contributed by atoms with Gasteiger partial charge in [-0.25, -0.2) is 5.43 Å². The van der Waals surface area contributed by atoms with Gasteiger partial charge in [0.2, 0.25) is 0 Å². The second-order valence-corrected chi connectivity index (χ2v) is 3.85. The van der Waals surface area contributed by atoms with Crippen LogP contribution in [0.1, 0.15) is 24.2 Å². The standard InChI is InChI=1S/C13H18N2O/c1-4-10(2)11(3)14-15-13(16)12-8-6-5-7-9-12/h4-11,14H,1H2,2-3H3,(H,15,16)/t10-,11-/m1/s1. The van der Waals surface area contributed by atoms with Gasteiger partial charge in [0.1, 0.15) is 0 Å². The number of nitrogens with one attached hydrogen (secondary N) is 2. The minimum Gasteiger partial charge on any atom is -0.287 e. The smallest absolute Gasteiger partial charge is 0.265 e. The molecule has 16 heavy (non-hydrogen) atoms. The molecule has 1 rings (SSSR count). The second kappa shape index (κ2) is 6.08. The van der Waals surface area contributed by atoms with Crippen molar-refractivity contribution in [3.63, 3.8) is 0 Å². The summed E-state index contributed by atoms with van der Waals surface area (Å²) in [6.07, 6.45) is 1.85. The van der Waals surface area contributed by atoms with E-state index in [1.54, 1.807) is 12.1 Å². The molecule has 0 saturated heterocycles. The van der Waals surface area contributed by atoms with Crippen LogP contribution in [0.15, 0.2) is 43.0 Å². The van der Waals surface area contributed by atoms with Crippen LogP contribution in [0.5, 0.6) is 0 Å². The molecule has 0 radical (unpaired) electrons. The highest BCUT2D eigenvalue weighted by Crippen LogP contribution is 2.02. The Bertz CT molecular complexity index is 348. The summed E-state index contributed by atoms with van der Waals surface area (Å²) in [5.41, 5.74) is 6.28. The molecule has 0 bridgehead atoms. The lowest BCUT2D eigenvalue weighted by Crippen LogP contribution is -2.45. The van der Waals surface area contributed by atoms with Crippen LogP contribution in [0, 0.1) is 5.92 Å². The van der Waals surface area contributed by atoms with Crippen molar-refractivity contribution < 1.29 is 4.79 Å². The van der Waals surface area contributed by atoms with E-state index in [9.17, 15) is 4.79 Å². The molecule has 0 aliphatic carbocycles. The van der Waals surface area contributed by atoms with Gasteiger partial charge in [-0.15, -0.1) is 6.58 Å². The van der Waals surface area contributed by atoms with E-state index in [-0.39, 0.29) is 11.9 Å². The van der Waals surface area contributed by atoms with Crippen molar-refractivity contribution in [1.29, 1.82) is 0 Å². The first-order chi connectivity index (χ1) is 7.65. The van der Waals surface area contributed by atoms with Gasteiger partial charge < -0.3 is 0 Å². The summed E-state index contributed by atoms with van der Waals surface area (Å²) < 4.78 is 0. The minimum atomic E-state index is -0.122. The Labute approximate surface area is 96.5 Å². The van der Waals surface area contributed by atoms with Crippen molar-refractivity contribution in [3.05, 3.63) is 48.6 Å². The van der Waals surface area contributed by atoms with Gasteiger partial charge in [-0.1, -0.05) is 31.2 Å². The van der Waals surface area contributed by atoms with Gasteiger partial charge in [0, 0.05) is 11.6 Å². The summed E-state index contributed by atoms with van der Waals surface area (Å²) >= 11 is 0. The van der Waals surface area contributed by atoms with Gasteiger partial charge in [-0.2, -0.15) is 0 Å². The van der Waals surface area contributed by atoms with Gasteiger partial charge >= 0.3 is 0 Å². The van der Waals surface area contributed by atoms with Crippen molar-refractivity contribution in [3.8, 4) is 0 Å². The van der Waals surface area contributed by atoms with Crippen molar-refractivity contribution >= 4 is 5.91 Å². The fraction of sp³-hybridized carbons (Fsp3) is 0.308. The molecule has 0 unspecified atom stereocenters. The van der Waals surface area contributed by atoms with Crippen LogP contribution in [-0.2, 0) is 0 Å². The fourth-order valence-electron chi connectivity index (χ4n) is 1.18. The van der Waals surface area contributed by atoms with Gasteiger partial charge in [0.05, 0.1) is 0 Å². The zero-order valence-electron chi connectivity index (χ0n) is 9.73. The number of hydrazine groups is 1. The second-order valence-electron chi connectivity index (χ2n) is 3.85. The van der Waals surface area contributed by atoms with Crippen LogP contribution in [0.25, 0.3) is 0 Å². The fourth-order valence-corrected chi connectivity index (χ4v) is 1.18. The third-order valence-corrected chi connectivity index (χ3v) is 2.61. The van der Waals surface area contributed by atoms with Gasteiger partial charge in [0.15, 0.2) is 0 Å². The van der Waals surface area contributed by atoms with Crippen LogP contribution in [0.4, 0.5) is 0 Å². The van der Waals surface area contributed by atoms with Crippen molar-refractivity contribution in [2.24, 2.45) is 5.92 Å². The number of carbonyl (C=O) groups is 1. The molecule has 1 amide bonds. The van der Waals surface area contributed by atoms with Gasteiger partial charge in [0.25, 0.3) is 5.91 Å². The van der Waals surface area contributed by atoms with Crippen molar-refractivity contribution in [1.82, 2.24) is 10.9 Å². The predicted octanol–water partition coefficient (Wildman–Crippen LogP) is 2.13. The molecule has 1 aromatic rings. The van der Waals surface area contributed by atoms with Crippen molar-refractivity contribution in [2.75, 3.05) is 0 Å². The summed E-state index contributed by atoms with van der Waals surface area (Å²) in [5.74, 6) is 0.180. The molecular formula is C13H18N2O. The first kappa shape index (κ1) is 12.5. The SMILES string of the molecule is C=C[C@@H](C)[C@@H](C)NNC(=O)c1ccccc1. The average molecular weight is 218 g/mol. The van der Waals surface area contributed by atoms with E-state index in [1.165, 1.54) is 0 Å². The van der Waals surface area contributed by atoms with E-state index in [4.69, 9.17) is 0 Å². The molecule has 0 aliphatic heterocycles. The Kier molecular flexibility index (Phi) is 4.73.